The van der Waals surface area contributed by atoms with Crippen LogP contribution < -0.4 is 0 Å². The van der Waals surface area contributed by atoms with E-state index in [2.05, 4.69) is 0 Å². The van der Waals surface area contributed by atoms with Crippen LogP contribution in [0.3, 0.4) is 0 Å². The molecule has 0 aromatic carbocycles. The molecule has 4 heteroatoms. The fourth-order valence-electron chi connectivity index (χ4n) is 0.221. The van der Waals surface area contributed by atoms with E-state index in [0.29, 0.717) is 0 Å². The summed E-state index contributed by atoms with van der Waals surface area (Å²) in [4.78, 5) is 20.6. The van der Waals surface area contributed by atoms with Crippen LogP contribution in [0.5, 0.6) is 0 Å². The van der Waals surface area contributed by atoms with Gasteiger partial charge < -0.3 is 0 Å². The second-order valence-corrected chi connectivity index (χ2v) is 2.87. The normalized spacial score (nSPS) is 9.11. The average molecular weight is 167 g/mol. The maximum Gasteiger partial charge on any atom is 0.186 e. The Morgan fingerprint density at radius 2 is 2.11 bits per heavy atom. The van der Waals surface area contributed by atoms with Crippen molar-refractivity contribution < 1.29 is 9.59 Å². The molecule has 0 N–H and O–H groups in total. The molecule has 0 aliphatic heterocycles. The van der Waals surface area contributed by atoms with Crippen LogP contribution in [-0.4, -0.2) is 22.5 Å². The number of rotatable bonds is 3. The van der Waals surface area contributed by atoms with Crippen LogP contribution in [0.1, 0.15) is 6.92 Å². The molecule has 0 aromatic rings. The van der Waals surface area contributed by atoms with Crippen molar-refractivity contribution in [2.75, 3.05) is 11.6 Å². The predicted octanol–water partition coefficient (Wildman–Crippen LogP) is 1.07. The lowest BCUT2D eigenvalue weighted by Crippen LogP contribution is -2.03. The molecule has 0 aliphatic carbocycles. The van der Waals surface area contributed by atoms with Gasteiger partial charge in [-0.3, -0.25) is 9.59 Å². The Morgan fingerprint density at radius 3 is 2.44 bits per heavy atom. The number of carbonyl (C=O) groups excluding carboxylic acids is 2. The van der Waals surface area contributed by atoms with Gasteiger partial charge in [0.05, 0.1) is 11.6 Å². The van der Waals surface area contributed by atoms with Crippen molar-refractivity contribution in [1.82, 2.24) is 0 Å². The third-order valence-electron chi connectivity index (χ3n) is 0.585. The maximum atomic E-state index is 10.4. The molecule has 0 atom stereocenters. The molecule has 0 aliphatic rings. The largest absolute Gasteiger partial charge is 0.297 e. The summed E-state index contributed by atoms with van der Waals surface area (Å²) >= 11 is 6.15. The Morgan fingerprint density at radius 1 is 1.56 bits per heavy atom. The van der Waals surface area contributed by atoms with E-state index in [1.54, 1.807) is 0 Å². The Labute approximate surface area is 62.9 Å². The van der Waals surface area contributed by atoms with Crippen molar-refractivity contribution in [2.45, 2.75) is 6.92 Å². The summed E-state index contributed by atoms with van der Waals surface area (Å²) in [5, 5.41) is -0.0477. The first kappa shape index (κ1) is 8.98. The summed E-state index contributed by atoms with van der Waals surface area (Å²) in [6.07, 6.45) is 0. The van der Waals surface area contributed by atoms with E-state index in [9.17, 15) is 9.59 Å². The van der Waals surface area contributed by atoms with Crippen molar-refractivity contribution in [3.8, 4) is 0 Å². The van der Waals surface area contributed by atoms with E-state index in [4.69, 9.17) is 11.6 Å². The van der Waals surface area contributed by atoms with Gasteiger partial charge in [0.25, 0.3) is 0 Å². The lowest BCUT2D eigenvalue weighted by atomic mass is 10.5. The van der Waals surface area contributed by atoms with E-state index in [1.165, 1.54) is 6.92 Å². The maximum absolute atomic E-state index is 10.4. The fourth-order valence-corrected chi connectivity index (χ4v) is 0.894. The quantitative estimate of drug-likeness (QED) is 0.589. The molecule has 0 radical (unpaired) electrons. The highest BCUT2D eigenvalue weighted by molar-refractivity contribution is 8.14. The molecule has 0 heterocycles. The van der Waals surface area contributed by atoms with Gasteiger partial charge in [0.2, 0.25) is 0 Å². The van der Waals surface area contributed by atoms with Crippen molar-refractivity contribution in [2.24, 2.45) is 0 Å². The number of hydrogen-bond donors (Lipinski definition) is 0. The summed E-state index contributed by atoms with van der Waals surface area (Å²) < 4.78 is 0. The van der Waals surface area contributed by atoms with Crippen LogP contribution in [0.4, 0.5) is 0 Å². The van der Waals surface area contributed by atoms with E-state index < -0.39 is 0 Å². The van der Waals surface area contributed by atoms with Gasteiger partial charge in [-0.25, -0.2) is 0 Å². The van der Waals surface area contributed by atoms with Gasteiger partial charge in [0.1, 0.15) is 0 Å². The fraction of sp³-hybridized carbons (Fsp3) is 0.600. The Kier molecular flexibility index (Phi) is 4.81. The molecule has 0 fully saturated rings. The first-order valence-electron chi connectivity index (χ1n) is 2.38. The summed E-state index contributed by atoms with van der Waals surface area (Å²) in [7, 11) is 0. The Hall–Kier alpha value is -0.0200. The monoisotopic (exact) mass is 166 g/mol. The molecule has 0 bridgehead atoms. The van der Waals surface area contributed by atoms with Crippen molar-refractivity contribution in [1.29, 1.82) is 0 Å². The zero-order valence-electron chi connectivity index (χ0n) is 5.02. The van der Waals surface area contributed by atoms with Crippen molar-refractivity contribution >= 4 is 34.3 Å². The predicted molar refractivity (Wildman–Crippen MR) is 38.9 cm³/mol. The zero-order valence-corrected chi connectivity index (χ0v) is 6.59. The molecule has 2 nitrogen and oxygen atoms in total. The molecule has 0 rings (SSSR count). The van der Waals surface area contributed by atoms with Gasteiger partial charge >= 0.3 is 0 Å². The minimum Gasteiger partial charge on any atom is -0.297 e. The van der Waals surface area contributed by atoms with E-state index in [0.717, 1.165) is 11.8 Å². The van der Waals surface area contributed by atoms with Gasteiger partial charge in [-0.2, -0.15) is 0 Å². The van der Waals surface area contributed by atoms with Crippen LogP contribution in [0.2, 0.25) is 0 Å². The van der Waals surface area contributed by atoms with Crippen LogP contribution in [0, 0.1) is 0 Å². The Bertz CT molecular complexity index is 124. The van der Waals surface area contributed by atoms with Gasteiger partial charge in [-0.1, -0.05) is 11.8 Å². The van der Waals surface area contributed by atoms with Crippen LogP contribution >= 0.6 is 23.4 Å². The number of ketones is 1. The van der Waals surface area contributed by atoms with Crippen LogP contribution in [0.15, 0.2) is 0 Å². The first-order valence-corrected chi connectivity index (χ1v) is 3.90. The number of Topliss-reactive ketones (excluding diaryl/α,β-unsaturated/α-hetero) is 1. The molecule has 0 unspecified atom stereocenters. The van der Waals surface area contributed by atoms with Gasteiger partial charge in [-0.05, 0) is 0 Å². The van der Waals surface area contributed by atoms with Crippen LogP contribution in [0.25, 0.3) is 0 Å². The first-order chi connectivity index (χ1) is 4.16. The SMILES string of the molecule is CC(=O)SCC(=O)CCl. The lowest BCUT2D eigenvalue weighted by Gasteiger charge is -1.89. The molecular weight excluding hydrogens is 160 g/mol. The third-order valence-corrected chi connectivity index (χ3v) is 1.76. The highest BCUT2D eigenvalue weighted by Crippen LogP contribution is 2.00. The summed E-state index contributed by atoms with van der Waals surface area (Å²) in [5.41, 5.74) is 0. The minimum atomic E-state index is -0.100. The number of halogens is 1. The van der Waals surface area contributed by atoms with Crippen molar-refractivity contribution in [3.63, 3.8) is 0 Å². The summed E-state index contributed by atoms with van der Waals surface area (Å²) in [6.45, 7) is 1.42. The number of thioether (sulfide) groups is 1. The topological polar surface area (TPSA) is 34.1 Å². The second-order valence-electron chi connectivity index (χ2n) is 1.45. The summed E-state index contributed by atoms with van der Waals surface area (Å²) in [5.74, 6) is 0.107. The average Bonchev–Trinajstić information content (AvgIpc) is 1.83. The van der Waals surface area contributed by atoms with Gasteiger partial charge in [-0.15, -0.1) is 11.6 Å². The number of carbonyl (C=O) groups is 2. The zero-order chi connectivity index (χ0) is 7.28. The van der Waals surface area contributed by atoms with E-state index in [1.807, 2.05) is 0 Å². The van der Waals surface area contributed by atoms with E-state index in [-0.39, 0.29) is 22.5 Å². The molecule has 0 saturated heterocycles. The van der Waals surface area contributed by atoms with Gasteiger partial charge in [0, 0.05) is 6.92 Å². The standard InChI is InChI=1S/C5H7ClO2S/c1-4(7)9-3-5(8)2-6/h2-3H2,1H3. The summed E-state index contributed by atoms with van der Waals surface area (Å²) in [6, 6.07) is 0. The molecular formula is C5H7ClO2S. The molecule has 0 spiro atoms. The van der Waals surface area contributed by atoms with Gasteiger partial charge in [0.15, 0.2) is 10.9 Å². The van der Waals surface area contributed by atoms with Crippen molar-refractivity contribution in [3.05, 3.63) is 0 Å². The molecule has 9 heavy (non-hydrogen) atoms. The third kappa shape index (κ3) is 5.86. The molecule has 0 aromatic heterocycles. The second kappa shape index (κ2) is 4.82. The number of hydrogen-bond acceptors (Lipinski definition) is 3. The van der Waals surface area contributed by atoms with E-state index >= 15 is 0 Å². The smallest absolute Gasteiger partial charge is 0.186 e. The van der Waals surface area contributed by atoms with Crippen LogP contribution in [-0.2, 0) is 9.59 Å². The lowest BCUT2D eigenvalue weighted by molar-refractivity contribution is -0.114. The minimum absolute atomic E-state index is 0.000278. The molecule has 52 valence electrons. The Balaban J connectivity index is 3.28. The molecule has 0 amide bonds. The highest BCUT2D eigenvalue weighted by Gasteiger charge is 2.00. The highest BCUT2D eigenvalue weighted by atomic mass is 35.5. The number of alkyl halides is 1. The molecule has 0 saturated carbocycles.